The molecule has 22 heavy (non-hydrogen) atoms. The summed E-state index contributed by atoms with van der Waals surface area (Å²) in [6.07, 6.45) is 0.420. The Morgan fingerprint density at radius 2 is 2.23 bits per heavy atom. The van der Waals surface area contributed by atoms with Crippen molar-refractivity contribution in [2.45, 2.75) is 6.42 Å². The summed E-state index contributed by atoms with van der Waals surface area (Å²) in [5.74, 6) is 0.144. The number of hydrogen-bond acceptors (Lipinski definition) is 5. The molecule has 1 aliphatic heterocycles. The third-order valence-electron chi connectivity index (χ3n) is 3.60. The molecule has 0 aliphatic carbocycles. The zero-order valence-electron chi connectivity index (χ0n) is 11.7. The molecule has 112 valence electrons. The van der Waals surface area contributed by atoms with Crippen LogP contribution >= 0.6 is 11.3 Å². The van der Waals surface area contributed by atoms with E-state index in [9.17, 15) is 4.79 Å². The number of amides is 1. The Bertz CT molecular complexity index is 734. The number of thiazole rings is 1. The van der Waals surface area contributed by atoms with Crippen LogP contribution in [0.1, 0.15) is 6.42 Å². The molecule has 1 atom stereocenters. The molecule has 0 saturated carbocycles. The monoisotopic (exact) mass is 314 g/mol. The summed E-state index contributed by atoms with van der Waals surface area (Å²) in [4.78, 5) is 20.8. The van der Waals surface area contributed by atoms with Crippen LogP contribution in [0.5, 0.6) is 0 Å². The van der Waals surface area contributed by atoms with E-state index in [4.69, 9.17) is 11.3 Å². The Labute approximate surface area is 131 Å². The van der Waals surface area contributed by atoms with E-state index >= 15 is 0 Å². The molecular formula is C14H14N6OS. The van der Waals surface area contributed by atoms with Gasteiger partial charge in [-0.25, -0.2) is 4.98 Å². The van der Waals surface area contributed by atoms with E-state index in [2.05, 4.69) is 15.0 Å². The van der Waals surface area contributed by atoms with E-state index in [1.807, 2.05) is 29.6 Å². The maximum Gasteiger partial charge on any atom is 0.227 e. The number of azide groups is 1. The molecule has 7 nitrogen and oxygen atoms in total. The summed E-state index contributed by atoms with van der Waals surface area (Å²) in [6, 6.07) is 7.66. The number of nitrogen functional groups attached to an aromatic ring is 1. The van der Waals surface area contributed by atoms with Crippen LogP contribution in [0.25, 0.3) is 21.7 Å². The number of carbonyl (C=O) groups excluding carboxylic acids is 1. The standard InChI is InChI=1S/C14H14N6OS/c15-14-18-12(8-22-14)10-1-3-11(4-2-10)20-7-9(5-13(20)21)6-17-19-16/h1-4,8-9H,5-7H2,(H2,15,18). The van der Waals surface area contributed by atoms with E-state index in [1.165, 1.54) is 11.3 Å². The van der Waals surface area contributed by atoms with Gasteiger partial charge in [0.15, 0.2) is 5.13 Å². The van der Waals surface area contributed by atoms with Gasteiger partial charge in [0.25, 0.3) is 0 Å². The van der Waals surface area contributed by atoms with E-state index in [1.54, 1.807) is 4.90 Å². The lowest BCUT2D eigenvalue weighted by Crippen LogP contribution is -2.24. The average Bonchev–Trinajstić information content (AvgIpc) is 3.11. The van der Waals surface area contributed by atoms with Crippen molar-refractivity contribution in [3.63, 3.8) is 0 Å². The quantitative estimate of drug-likeness (QED) is 0.532. The zero-order valence-corrected chi connectivity index (χ0v) is 12.5. The van der Waals surface area contributed by atoms with E-state index < -0.39 is 0 Å². The second kappa shape index (κ2) is 6.05. The number of hydrogen-bond donors (Lipinski definition) is 1. The van der Waals surface area contributed by atoms with Crippen LogP contribution in [0.2, 0.25) is 0 Å². The minimum Gasteiger partial charge on any atom is -0.375 e. The normalized spacial score (nSPS) is 17.5. The topological polar surface area (TPSA) is 108 Å². The Hall–Kier alpha value is -2.57. The Morgan fingerprint density at radius 3 is 2.86 bits per heavy atom. The third kappa shape index (κ3) is 2.88. The van der Waals surface area contributed by atoms with Crippen molar-refractivity contribution in [2.24, 2.45) is 11.0 Å². The van der Waals surface area contributed by atoms with Crippen LogP contribution in [-0.2, 0) is 4.79 Å². The SMILES string of the molecule is [N-]=[N+]=NCC1CC(=O)N(c2ccc(-c3csc(N)n3)cc2)C1. The van der Waals surface area contributed by atoms with Crippen LogP contribution in [0.4, 0.5) is 10.8 Å². The van der Waals surface area contributed by atoms with Crippen molar-refractivity contribution in [3.05, 3.63) is 40.1 Å². The molecule has 8 heteroatoms. The van der Waals surface area contributed by atoms with Crippen LogP contribution in [0, 0.1) is 5.92 Å². The molecule has 3 rings (SSSR count). The second-order valence-electron chi connectivity index (χ2n) is 5.11. The fraction of sp³-hybridized carbons (Fsp3) is 0.286. The van der Waals surface area contributed by atoms with Crippen LogP contribution in [-0.4, -0.2) is 24.0 Å². The summed E-state index contributed by atoms with van der Waals surface area (Å²) in [5.41, 5.74) is 16.7. The molecule has 0 bridgehead atoms. The highest BCUT2D eigenvalue weighted by atomic mass is 32.1. The summed E-state index contributed by atoms with van der Waals surface area (Å²) in [6.45, 7) is 0.940. The molecule has 1 amide bonds. The Morgan fingerprint density at radius 1 is 1.45 bits per heavy atom. The van der Waals surface area contributed by atoms with Gasteiger partial charge in [-0.1, -0.05) is 17.2 Å². The van der Waals surface area contributed by atoms with Gasteiger partial charge in [-0.15, -0.1) is 11.3 Å². The van der Waals surface area contributed by atoms with Crippen molar-refractivity contribution in [2.75, 3.05) is 23.7 Å². The number of nitrogens with zero attached hydrogens (tertiary/aromatic N) is 5. The fourth-order valence-electron chi connectivity index (χ4n) is 2.54. The molecule has 1 unspecified atom stereocenters. The van der Waals surface area contributed by atoms with Gasteiger partial charge in [0.1, 0.15) is 0 Å². The predicted molar refractivity (Wildman–Crippen MR) is 86.4 cm³/mol. The first kappa shape index (κ1) is 14.4. The van der Waals surface area contributed by atoms with Crippen molar-refractivity contribution in [3.8, 4) is 11.3 Å². The first-order valence-electron chi connectivity index (χ1n) is 6.80. The van der Waals surface area contributed by atoms with Gasteiger partial charge < -0.3 is 10.6 Å². The number of rotatable bonds is 4. The number of aromatic nitrogens is 1. The number of nitrogens with two attached hydrogens (primary N) is 1. The first-order valence-corrected chi connectivity index (χ1v) is 7.68. The average molecular weight is 314 g/mol. The molecule has 1 saturated heterocycles. The van der Waals surface area contributed by atoms with Gasteiger partial charge in [0, 0.05) is 41.1 Å². The van der Waals surface area contributed by atoms with Crippen molar-refractivity contribution < 1.29 is 4.79 Å². The minimum absolute atomic E-state index is 0.0591. The van der Waals surface area contributed by atoms with Crippen LogP contribution < -0.4 is 10.6 Å². The Balaban J connectivity index is 1.75. The van der Waals surface area contributed by atoms with Gasteiger partial charge in [-0.05, 0) is 23.6 Å². The first-order chi connectivity index (χ1) is 10.7. The third-order valence-corrected chi connectivity index (χ3v) is 4.28. The van der Waals surface area contributed by atoms with Gasteiger partial charge in [-0.2, -0.15) is 0 Å². The van der Waals surface area contributed by atoms with E-state index in [0.717, 1.165) is 16.9 Å². The molecular weight excluding hydrogens is 300 g/mol. The van der Waals surface area contributed by atoms with Gasteiger partial charge in [0.05, 0.1) is 5.69 Å². The maximum atomic E-state index is 12.1. The number of anilines is 2. The molecule has 1 fully saturated rings. The maximum absolute atomic E-state index is 12.1. The van der Waals surface area contributed by atoms with Crippen LogP contribution in [0.3, 0.4) is 0 Å². The molecule has 0 spiro atoms. The second-order valence-corrected chi connectivity index (χ2v) is 6.00. The molecule has 0 radical (unpaired) electrons. The zero-order chi connectivity index (χ0) is 15.5. The van der Waals surface area contributed by atoms with E-state index in [-0.39, 0.29) is 11.8 Å². The minimum atomic E-state index is 0.0591. The summed E-state index contributed by atoms with van der Waals surface area (Å²) < 4.78 is 0. The number of benzene rings is 1. The summed E-state index contributed by atoms with van der Waals surface area (Å²) in [5, 5.41) is 6.00. The van der Waals surface area contributed by atoms with Gasteiger partial charge in [0.2, 0.25) is 5.91 Å². The number of carbonyl (C=O) groups is 1. The predicted octanol–water partition coefficient (Wildman–Crippen LogP) is 3.06. The highest BCUT2D eigenvalue weighted by Crippen LogP contribution is 2.29. The highest BCUT2D eigenvalue weighted by molar-refractivity contribution is 7.13. The largest absolute Gasteiger partial charge is 0.375 e. The molecule has 1 aromatic carbocycles. The van der Waals surface area contributed by atoms with E-state index in [0.29, 0.717) is 24.6 Å². The molecule has 1 aromatic heterocycles. The molecule has 1 aliphatic rings. The molecule has 2 N–H and O–H groups in total. The van der Waals surface area contributed by atoms with Gasteiger partial charge >= 0.3 is 0 Å². The molecule has 2 aromatic rings. The highest BCUT2D eigenvalue weighted by Gasteiger charge is 2.29. The van der Waals surface area contributed by atoms with Gasteiger partial charge in [-0.3, -0.25) is 4.79 Å². The Kier molecular flexibility index (Phi) is 3.95. The van der Waals surface area contributed by atoms with Crippen molar-refractivity contribution in [1.29, 1.82) is 0 Å². The smallest absolute Gasteiger partial charge is 0.227 e. The van der Waals surface area contributed by atoms with Crippen molar-refractivity contribution >= 4 is 28.1 Å². The lowest BCUT2D eigenvalue weighted by atomic mass is 10.1. The lowest BCUT2D eigenvalue weighted by molar-refractivity contribution is -0.117. The summed E-state index contributed by atoms with van der Waals surface area (Å²) in [7, 11) is 0. The molecule has 2 heterocycles. The van der Waals surface area contributed by atoms with Crippen LogP contribution in [0.15, 0.2) is 34.8 Å². The summed E-state index contributed by atoms with van der Waals surface area (Å²) >= 11 is 1.40. The van der Waals surface area contributed by atoms with Crippen molar-refractivity contribution in [1.82, 2.24) is 4.98 Å². The lowest BCUT2D eigenvalue weighted by Gasteiger charge is -2.16. The fourth-order valence-corrected chi connectivity index (χ4v) is 3.11.